The SMILES string of the molecule is CC1CN(C(=O)NCc2ccccc2Cn2cccn2)C(C)CN1C. The molecule has 2 unspecified atom stereocenters. The van der Waals surface area contributed by atoms with Gasteiger partial charge >= 0.3 is 6.03 Å². The third kappa shape index (κ3) is 4.20. The van der Waals surface area contributed by atoms with Crippen molar-refractivity contribution in [2.45, 2.75) is 39.0 Å². The van der Waals surface area contributed by atoms with Crippen LogP contribution in [-0.4, -0.2) is 57.8 Å². The Bertz CT molecular complexity index is 700. The van der Waals surface area contributed by atoms with Gasteiger partial charge in [-0.1, -0.05) is 24.3 Å². The summed E-state index contributed by atoms with van der Waals surface area (Å²) in [4.78, 5) is 16.9. The maximum absolute atomic E-state index is 12.6. The van der Waals surface area contributed by atoms with Crippen molar-refractivity contribution in [3.8, 4) is 0 Å². The van der Waals surface area contributed by atoms with Gasteiger partial charge in [0.05, 0.1) is 6.54 Å². The number of benzene rings is 1. The van der Waals surface area contributed by atoms with Crippen molar-refractivity contribution in [1.82, 2.24) is 24.9 Å². The smallest absolute Gasteiger partial charge is 0.318 e. The molecule has 1 aliphatic rings. The van der Waals surface area contributed by atoms with Crippen molar-refractivity contribution in [3.63, 3.8) is 0 Å². The highest BCUT2D eigenvalue weighted by molar-refractivity contribution is 5.74. The summed E-state index contributed by atoms with van der Waals surface area (Å²) in [5.41, 5.74) is 2.30. The largest absolute Gasteiger partial charge is 0.334 e. The van der Waals surface area contributed by atoms with E-state index in [9.17, 15) is 4.79 Å². The average Bonchev–Trinajstić information content (AvgIpc) is 3.10. The lowest BCUT2D eigenvalue weighted by molar-refractivity contribution is 0.0808. The predicted molar refractivity (Wildman–Crippen MR) is 98.3 cm³/mol. The molecule has 1 fully saturated rings. The van der Waals surface area contributed by atoms with Crippen LogP contribution in [-0.2, 0) is 13.1 Å². The Morgan fingerprint density at radius 2 is 1.92 bits per heavy atom. The highest BCUT2D eigenvalue weighted by Crippen LogP contribution is 2.14. The summed E-state index contributed by atoms with van der Waals surface area (Å²) in [6, 6.07) is 10.7. The van der Waals surface area contributed by atoms with Gasteiger partial charge in [0.2, 0.25) is 0 Å². The molecule has 0 radical (unpaired) electrons. The number of hydrogen-bond acceptors (Lipinski definition) is 3. The molecule has 2 heterocycles. The Balaban J connectivity index is 1.62. The molecule has 2 aromatic rings. The molecule has 1 aromatic carbocycles. The molecule has 6 nitrogen and oxygen atoms in total. The zero-order chi connectivity index (χ0) is 17.8. The van der Waals surface area contributed by atoms with Crippen LogP contribution in [0.25, 0.3) is 0 Å². The molecule has 0 saturated carbocycles. The first kappa shape index (κ1) is 17.5. The number of carbonyl (C=O) groups is 1. The minimum Gasteiger partial charge on any atom is -0.334 e. The van der Waals surface area contributed by atoms with E-state index in [1.54, 1.807) is 6.20 Å². The Morgan fingerprint density at radius 1 is 1.16 bits per heavy atom. The second kappa shape index (κ2) is 7.70. The Hall–Kier alpha value is -2.34. The number of carbonyl (C=O) groups excluding carboxylic acids is 1. The van der Waals surface area contributed by atoms with E-state index in [4.69, 9.17) is 0 Å². The summed E-state index contributed by atoms with van der Waals surface area (Å²) in [5, 5.41) is 7.36. The molecule has 0 spiro atoms. The minimum absolute atomic E-state index is 0.0151. The number of rotatable bonds is 4. The quantitative estimate of drug-likeness (QED) is 0.927. The lowest BCUT2D eigenvalue weighted by Crippen LogP contribution is -2.58. The fraction of sp³-hybridized carbons (Fsp3) is 0.474. The Morgan fingerprint density at radius 3 is 2.64 bits per heavy atom. The molecule has 1 saturated heterocycles. The van der Waals surface area contributed by atoms with Crippen LogP contribution in [0.5, 0.6) is 0 Å². The van der Waals surface area contributed by atoms with Gasteiger partial charge < -0.3 is 10.2 Å². The van der Waals surface area contributed by atoms with Crippen LogP contribution < -0.4 is 5.32 Å². The standard InChI is InChI=1S/C19H27N5O/c1-15-13-24(16(2)12-22(15)3)19(25)20-11-17-7-4-5-8-18(17)14-23-10-6-9-21-23/h4-10,15-16H,11-14H2,1-3H3,(H,20,25). The average molecular weight is 341 g/mol. The zero-order valence-corrected chi connectivity index (χ0v) is 15.2. The molecule has 0 bridgehead atoms. The van der Waals surface area contributed by atoms with Crippen molar-refractivity contribution in [1.29, 1.82) is 0 Å². The third-order valence-corrected chi connectivity index (χ3v) is 5.00. The van der Waals surface area contributed by atoms with Gasteiger partial charge in [-0.2, -0.15) is 5.10 Å². The van der Waals surface area contributed by atoms with Gasteiger partial charge in [-0.15, -0.1) is 0 Å². The number of urea groups is 1. The molecule has 134 valence electrons. The highest BCUT2D eigenvalue weighted by atomic mass is 16.2. The van der Waals surface area contributed by atoms with Crippen molar-refractivity contribution in [3.05, 3.63) is 53.9 Å². The number of nitrogens with zero attached hydrogens (tertiary/aromatic N) is 4. The first-order valence-corrected chi connectivity index (χ1v) is 8.83. The van der Waals surface area contributed by atoms with E-state index in [-0.39, 0.29) is 12.1 Å². The molecule has 1 aliphatic heterocycles. The molecular formula is C19H27N5O. The van der Waals surface area contributed by atoms with E-state index in [1.165, 1.54) is 5.56 Å². The van der Waals surface area contributed by atoms with Crippen molar-refractivity contribution in [2.75, 3.05) is 20.1 Å². The van der Waals surface area contributed by atoms with E-state index >= 15 is 0 Å². The van der Waals surface area contributed by atoms with Crippen LogP contribution >= 0.6 is 0 Å². The summed E-state index contributed by atoms with van der Waals surface area (Å²) in [6.07, 6.45) is 3.73. The fourth-order valence-electron chi connectivity index (χ4n) is 3.31. The number of amides is 2. The summed E-state index contributed by atoms with van der Waals surface area (Å²) in [5.74, 6) is 0. The topological polar surface area (TPSA) is 53.4 Å². The minimum atomic E-state index is 0.0151. The van der Waals surface area contributed by atoms with Crippen LogP contribution in [0.4, 0.5) is 4.79 Å². The van der Waals surface area contributed by atoms with E-state index in [0.29, 0.717) is 19.1 Å². The van der Waals surface area contributed by atoms with Crippen LogP contribution in [0.15, 0.2) is 42.7 Å². The van der Waals surface area contributed by atoms with Crippen LogP contribution in [0.2, 0.25) is 0 Å². The molecular weight excluding hydrogens is 314 g/mol. The zero-order valence-electron chi connectivity index (χ0n) is 15.2. The first-order valence-electron chi connectivity index (χ1n) is 8.83. The fourth-order valence-corrected chi connectivity index (χ4v) is 3.31. The van der Waals surface area contributed by atoms with Gasteiger partial charge in [0.25, 0.3) is 0 Å². The molecule has 1 N–H and O–H groups in total. The van der Waals surface area contributed by atoms with Crippen LogP contribution in [0.3, 0.4) is 0 Å². The highest BCUT2D eigenvalue weighted by Gasteiger charge is 2.29. The van der Waals surface area contributed by atoms with Crippen LogP contribution in [0, 0.1) is 0 Å². The Labute approximate surface area is 149 Å². The monoisotopic (exact) mass is 341 g/mol. The third-order valence-electron chi connectivity index (χ3n) is 5.00. The molecule has 25 heavy (non-hydrogen) atoms. The van der Waals surface area contributed by atoms with E-state index in [0.717, 1.165) is 18.7 Å². The normalized spacial score (nSPS) is 21.3. The summed E-state index contributed by atoms with van der Waals surface area (Å²) >= 11 is 0. The summed E-state index contributed by atoms with van der Waals surface area (Å²) < 4.78 is 1.89. The Kier molecular flexibility index (Phi) is 5.38. The maximum Gasteiger partial charge on any atom is 0.318 e. The number of hydrogen-bond donors (Lipinski definition) is 1. The van der Waals surface area contributed by atoms with Crippen LogP contribution in [0.1, 0.15) is 25.0 Å². The van der Waals surface area contributed by atoms with Crippen molar-refractivity contribution >= 4 is 6.03 Å². The maximum atomic E-state index is 12.6. The lowest BCUT2D eigenvalue weighted by Gasteiger charge is -2.42. The number of aromatic nitrogens is 2. The van der Waals surface area contributed by atoms with E-state index < -0.39 is 0 Å². The molecule has 6 heteroatoms. The second-order valence-electron chi connectivity index (χ2n) is 6.92. The summed E-state index contributed by atoms with van der Waals surface area (Å²) in [6.45, 7) is 7.17. The molecule has 2 amide bonds. The van der Waals surface area contributed by atoms with Gasteiger partial charge in [0.1, 0.15) is 0 Å². The van der Waals surface area contributed by atoms with Gasteiger partial charge in [-0.05, 0) is 38.1 Å². The van der Waals surface area contributed by atoms with Gasteiger partial charge in [-0.25, -0.2) is 4.79 Å². The number of nitrogens with one attached hydrogen (secondary N) is 1. The summed E-state index contributed by atoms with van der Waals surface area (Å²) in [7, 11) is 2.11. The number of piperazine rings is 1. The predicted octanol–water partition coefficient (Wildman–Crippen LogP) is 2.17. The second-order valence-corrected chi connectivity index (χ2v) is 6.92. The van der Waals surface area contributed by atoms with E-state index in [1.807, 2.05) is 34.0 Å². The molecule has 0 aliphatic carbocycles. The lowest BCUT2D eigenvalue weighted by atomic mass is 10.1. The van der Waals surface area contributed by atoms with Gasteiger partial charge in [0.15, 0.2) is 0 Å². The first-order chi connectivity index (χ1) is 12.0. The number of likely N-dealkylation sites (N-methyl/N-ethyl adjacent to an activating group) is 1. The molecule has 2 atom stereocenters. The van der Waals surface area contributed by atoms with Crippen molar-refractivity contribution in [2.24, 2.45) is 0 Å². The molecule has 1 aromatic heterocycles. The molecule has 3 rings (SSSR count). The van der Waals surface area contributed by atoms with Gasteiger partial charge in [0, 0.05) is 44.1 Å². The van der Waals surface area contributed by atoms with Crippen molar-refractivity contribution < 1.29 is 4.79 Å². The van der Waals surface area contributed by atoms with Gasteiger partial charge in [-0.3, -0.25) is 9.58 Å². The van der Waals surface area contributed by atoms with E-state index in [2.05, 4.69) is 48.3 Å².